The molecular weight excluding hydrogens is 242 g/mol. The van der Waals surface area contributed by atoms with Gasteiger partial charge >= 0.3 is 0 Å². The number of hydrogen-bond donors (Lipinski definition) is 2. The van der Waals surface area contributed by atoms with E-state index in [2.05, 4.69) is 15.3 Å². The molecule has 1 aromatic carbocycles. The average molecular weight is 261 g/mol. The number of anilines is 1. The zero-order valence-electron chi connectivity index (χ0n) is 11.7. The van der Waals surface area contributed by atoms with E-state index in [9.17, 15) is 0 Å². The van der Waals surface area contributed by atoms with Crippen LogP contribution in [-0.4, -0.2) is 31.2 Å². The molecule has 0 aliphatic carbocycles. The van der Waals surface area contributed by atoms with Crippen LogP contribution in [0, 0.1) is 6.92 Å². The number of imidazole rings is 1. The molecule has 0 fully saturated rings. The molecule has 19 heavy (non-hydrogen) atoms. The van der Waals surface area contributed by atoms with E-state index in [1.165, 1.54) is 0 Å². The van der Waals surface area contributed by atoms with Gasteiger partial charge in [0, 0.05) is 19.2 Å². The summed E-state index contributed by atoms with van der Waals surface area (Å²) in [5.74, 6) is 2.26. The van der Waals surface area contributed by atoms with Crippen LogP contribution in [0.15, 0.2) is 18.2 Å². The first-order valence-electron chi connectivity index (χ1n) is 6.12. The summed E-state index contributed by atoms with van der Waals surface area (Å²) in [7, 11) is 5.12. The van der Waals surface area contributed by atoms with Gasteiger partial charge in [-0.05, 0) is 24.6 Å². The van der Waals surface area contributed by atoms with E-state index >= 15 is 0 Å². The Balaban J connectivity index is 2.25. The van der Waals surface area contributed by atoms with Crippen LogP contribution in [0.3, 0.4) is 0 Å². The molecule has 2 rings (SSSR count). The van der Waals surface area contributed by atoms with E-state index in [1.54, 1.807) is 14.2 Å². The minimum absolute atomic E-state index is 0.737. The smallest absolute Gasteiger partial charge is 0.200 e. The highest BCUT2D eigenvalue weighted by molar-refractivity contribution is 5.44. The molecule has 1 heterocycles. The zero-order chi connectivity index (χ0) is 13.8. The van der Waals surface area contributed by atoms with Gasteiger partial charge in [0.2, 0.25) is 0 Å². The Morgan fingerprint density at radius 3 is 2.53 bits per heavy atom. The maximum Gasteiger partial charge on any atom is 0.200 e. The van der Waals surface area contributed by atoms with Gasteiger partial charge in [-0.1, -0.05) is 6.07 Å². The van der Waals surface area contributed by atoms with Crippen molar-refractivity contribution in [3.63, 3.8) is 0 Å². The summed E-state index contributed by atoms with van der Waals surface area (Å²) in [6.45, 7) is 2.02. The van der Waals surface area contributed by atoms with Gasteiger partial charge in [0.05, 0.1) is 19.9 Å². The van der Waals surface area contributed by atoms with Gasteiger partial charge in [0.1, 0.15) is 0 Å². The number of aryl methyl sites for hydroxylation is 1. The Labute approximate surface area is 113 Å². The molecule has 0 radical (unpaired) electrons. The quantitative estimate of drug-likeness (QED) is 0.867. The topological polar surface area (TPSA) is 59.2 Å². The first-order valence-corrected chi connectivity index (χ1v) is 6.12. The number of H-pyrrole nitrogens is 1. The van der Waals surface area contributed by atoms with Crippen LogP contribution in [0.4, 0.5) is 5.95 Å². The molecule has 2 aromatic rings. The first kappa shape index (κ1) is 13.3. The van der Waals surface area contributed by atoms with Crippen LogP contribution in [0.2, 0.25) is 0 Å². The van der Waals surface area contributed by atoms with Crippen molar-refractivity contribution in [3.8, 4) is 11.5 Å². The molecule has 0 bridgehead atoms. The highest BCUT2D eigenvalue weighted by Crippen LogP contribution is 2.28. The van der Waals surface area contributed by atoms with Crippen molar-refractivity contribution in [2.24, 2.45) is 0 Å². The zero-order valence-corrected chi connectivity index (χ0v) is 11.7. The van der Waals surface area contributed by atoms with Crippen LogP contribution in [-0.2, 0) is 6.42 Å². The van der Waals surface area contributed by atoms with Crippen molar-refractivity contribution in [2.75, 3.05) is 26.6 Å². The maximum absolute atomic E-state index is 5.31. The molecule has 0 unspecified atom stereocenters. The van der Waals surface area contributed by atoms with Gasteiger partial charge in [-0.25, -0.2) is 4.98 Å². The minimum Gasteiger partial charge on any atom is -0.493 e. The SMILES string of the molecule is CNc1nc(Cc2ccc(OC)c(OC)c2)c(C)[nH]1. The highest BCUT2D eigenvalue weighted by Gasteiger charge is 2.09. The maximum atomic E-state index is 5.31. The number of ether oxygens (including phenoxy) is 2. The molecule has 0 saturated heterocycles. The Hall–Kier alpha value is -2.17. The summed E-state index contributed by atoms with van der Waals surface area (Å²) in [6, 6.07) is 5.91. The van der Waals surface area contributed by atoms with Gasteiger partial charge in [-0.3, -0.25) is 0 Å². The first-order chi connectivity index (χ1) is 9.17. The summed E-state index contributed by atoms with van der Waals surface area (Å²) < 4.78 is 10.5. The van der Waals surface area contributed by atoms with Crippen molar-refractivity contribution in [1.29, 1.82) is 0 Å². The second kappa shape index (κ2) is 5.65. The van der Waals surface area contributed by atoms with Gasteiger partial charge in [-0.15, -0.1) is 0 Å². The summed E-state index contributed by atoms with van der Waals surface area (Å²) in [4.78, 5) is 7.67. The lowest BCUT2D eigenvalue weighted by molar-refractivity contribution is 0.354. The monoisotopic (exact) mass is 261 g/mol. The second-order valence-electron chi connectivity index (χ2n) is 4.27. The van der Waals surface area contributed by atoms with Gasteiger partial charge in [0.15, 0.2) is 17.4 Å². The standard InChI is InChI=1S/C14H19N3O2/c1-9-11(17-14(15-2)16-9)7-10-5-6-12(18-3)13(8-10)19-4/h5-6,8H,7H2,1-4H3,(H2,15,16,17). The van der Waals surface area contributed by atoms with E-state index in [4.69, 9.17) is 9.47 Å². The number of nitrogens with zero attached hydrogens (tertiary/aromatic N) is 1. The van der Waals surface area contributed by atoms with Crippen LogP contribution in [0.5, 0.6) is 11.5 Å². The van der Waals surface area contributed by atoms with E-state index in [-0.39, 0.29) is 0 Å². The molecule has 5 heteroatoms. The molecule has 2 N–H and O–H groups in total. The van der Waals surface area contributed by atoms with E-state index in [0.29, 0.717) is 0 Å². The molecule has 0 amide bonds. The van der Waals surface area contributed by atoms with Crippen LogP contribution < -0.4 is 14.8 Å². The molecule has 102 valence electrons. The number of aromatic amines is 1. The summed E-state index contributed by atoms with van der Waals surface area (Å²) in [5, 5.41) is 3.00. The predicted molar refractivity (Wildman–Crippen MR) is 75.2 cm³/mol. The molecule has 0 saturated carbocycles. The Bertz CT molecular complexity index is 564. The number of methoxy groups -OCH3 is 2. The largest absolute Gasteiger partial charge is 0.493 e. The molecule has 0 aliphatic rings. The number of hydrogen-bond acceptors (Lipinski definition) is 4. The number of rotatable bonds is 5. The molecule has 1 aromatic heterocycles. The Kier molecular flexibility index (Phi) is 3.94. The average Bonchev–Trinajstić information content (AvgIpc) is 2.79. The minimum atomic E-state index is 0.737. The Morgan fingerprint density at radius 1 is 1.21 bits per heavy atom. The predicted octanol–water partition coefficient (Wildman–Crippen LogP) is 2.37. The van der Waals surface area contributed by atoms with E-state index in [0.717, 1.165) is 40.8 Å². The fourth-order valence-corrected chi connectivity index (χ4v) is 1.97. The number of nitrogens with one attached hydrogen (secondary N) is 2. The third kappa shape index (κ3) is 2.81. The van der Waals surface area contributed by atoms with Gasteiger partial charge in [-0.2, -0.15) is 0 Å². The molecule has 5 nitrogen and oxygen atoms in total. The lowest BCUT2D eigenvalue weighted by Crippen LogP contribution is -1.95. The van der Waals surface area contributed by atoms with Crippen molar-refractivity contribution >= 4 is 5.95 Å². The fraction of sp³-hybridized carbons (Fsp3) is 0.357. The molecule has 0 spiro atoms. The summed E-state index contributed by atoms with van der Waals surface area (Å²) in [5.41, 5.74) is 3.23. The lowest BCUT2D eigenvalue weighted by atomic mass is 10.1. The third-order valence-electron chi connectivity index (χ3n) is 3.04. The Morgan fingerprint density at radius 2 is 1.95 bits per heavy atom. The van der Waals surface area contributed by atoms with Crippen molar-refractivity contribution in [1.82, 2.24) is 9.97 Å². The molecule has 0 aliphatic heterocycles. The van der Waals surface area contributed by atoms with Gasteiger partial charge in [0.25, 0.3) is 0 Å². The fourth-order valence-electron chi connectivity index (χ4n) is 1.97. The number of benzene rings is 1. The third-order valence-corrected chi connectivity index (χ3v) is 3.04. The lowest BCUT2D eigenvalue weighted by Gasteiger charge is -2.09. The molecular formula is C14H19N3O2. The summed E-state index contributed by atoms with van der Waals surface area (Å²) in [6.07, 6.45) is 0.754. The van der Waals surface area contributed by atoms with Crippen molar-refractivity contribution < 1.29 is 9.47 Å². The van der Waals surface area contributed by atoms with E-state index < -0.39 is 0 Å². The van der Waals surface area contributed by atoms with Crippen molar-refractivity contribution in [2.45, 2.75) is 13.3 Å². The summed E-state index contributed by atoms with van der Waals surface area (Å²) >= 11 is 0. The van der Waals surface area contributed by atoms with Crippen LogP contribution in [0.1, 0.15) is 17.0 Å². The van der Waals surface area contributed by atoms with E-state index in [1.807, 2.05) is 32.2 Å². The van der Waals surface area contributed by atoms with Gasteiger partial charge < -0.3 is 19.8 Å². The molecule has 0 atom stereocenters. The van der Waals surface area contributed by atoms with Crippen LogP contribution >= 0.6 is 0 Å². The highest BCUT2D eigenvalue weighted by atomic mass is 16.5. The van der Waals surface area contributed by atoms with Crippen molar-refractivity contribution in [3.05, 3.63) is 35.2 Å². The van der Waals surface area contributed by atoms with Crippen LogP contribution in [0.25, 0.3) is 0 Å². The normalized spacial score (nSPS) is 10.3. The number of aromatic nitrogens is 2. The second-order valence-corrected chi connectivity index (χ2v) is 4.27.